The molecule has 0 spiro atoms. The first kappa shape index (κ1) is 34.4. The molecule has 0 fully saturated rings. The average Bonchev–Trinajstić information content (AvgIpc) is 2.92. The molecule has 0 aromatic heterocycles. The summed E-state index contributed by atoms with van der Waals surface area (Å²) in [5.74, 6) is 0.0855. The zero-order valence-electron chi connectivity index (χ0n) is 24.6. The van der Waals surface area contributed by atoms with Gasteiger partial charge in [-0.05, 0) is 56.6 Å². The Hall–Kier alpha value is -3.67. The Kier molecular flexibility index (Phi) is 20.0. The van der Waals surface area contributed by atoms with Crippen LogP contribution in [0.2, 0.25) is 0 Å². The highest BCUT2D eigenvalue weighted by Crippen LogP contribution is 2.17. The Bertz CT molecular complexity index is 1020. The first-order valence-electron chi connectivity index (χ1n) is 14.5. The van der Waals surface area contributed by atoms with Crippen LogP contribution in [0.15, 0.2) is 85.0 Å². The van der Waals surface area contributed by atoms with E-state index in [0.29, 0.717) is 19.4 Å². The number of para-hydroxylation sites is 1. The molecule has 1 atom stereocenters. The summed E-state index contributed by atoms with van der Waals surface area (Å²) in [6.07, 6.45) is 30.3. The fourth-order valence-electron chi connectivity index (χ4n) is 3.82. The van der Waals surface area contributed by atoms with Gasteiger partial charge in [-0.2, -0.15) is 0 Å². The Labute approximate surface area is 241 Å². The summed E-state index contributed by atoms with van der Waals surface area (Å²) in [5, 5.41) is 5.52. The number of esters is 1. The second-order valence-corrected chi connectivity index (χ2v) is 9.66. The van der Waals surface area contributed by atoms with Gasteiger partial charge in [0.1, 0.15) is 5.75 Å². The Morgan fingerprint density at radius 2 is 1.35 bits per heavy atom. The van der Waals surface area contributed by atoms with Crippen molar-refractivity contribution in [2.45, 2.75) is 78.6 Å². The van der Waals surface area contributed by atoms with E-state index in [0.717, 1.165) is 31.6 Å². The van der Waals surface area contributed by atoms with Gasteiger partial charge in [-0.15, -0.1) is 0 Å². The molecule has 6 nitrogen and oxygen atoms in total. The molecule has 0 heterocycles. The van der Waals surface area contributed by atoms with Crippen molar-refractivity contribution in [1.29, 1.82) is 0 Å². The lowest BCUT2D eigenvalue weighted by Crippen LogP contribution is -2.34. The molecule has 1 aromatic rings. The fourth-order valence-corrected chi connectivity index (χ4v) is 3.82. The van der Waals surface area contributed by atoms with Crippen LogP contribution >= 0.6 is 0 Å². The number of hydrogen-bond donors (Lipinski definition) is 2. The summed E-state index contributed by atoms with van der Waals surface area (Å²) in [5.41, 5.74) is 0.276. The number of allylic oxidation sites excluding steroid dienone is 10. The molecule has 1 aromatic carbocycles. The summed E-state index contributed by atoms with van der Waals surface area (Å²) in [7, 11) is 0. The summed E-state index contributed by atoms with van der Waals surface area (Å²) < 4.78 is 5.06. The smallest absolute Gasteiger partial charge is 0.308 e. The van der Waals surface area contributed by atoms with Crippen LogP contribution < -0.4 is 15.4 Å². The second-order valence-electron chi connectivity index (χ2n) is 9.66. The number of carbonyl (C=O) groups is 3. The van der Waals surface area contributed by atoms with Gasteiger partial charge >= 0.3 is 5.97 Å². The van der Waals surface area contributed by atoms with Gasteiger partial charge in [-0.3, -0.25) is 14.4 Å². The third-order valence-corrected chi connectivity index (χ3v) is 5.90. The van der Waals surface area contributed by atoms with E-state index in [1.165, 1.54) is 26.2 Å². The molecule has 40 heavy (non-hydrogen) atoms. The molecule has 0 saturated heterocycles. The Morgan fingerprint density at radius 1 is 0.800 bits per heavy atom. The topological polar surface area (TPSA) is 84.5 Å². The standard InChI is InChI=1S/C34H48N2O4/c1-4-22-29(2)23-18-16-14-12-10-8-6-5-7-9-11-13-15-17-19-26-33(38)35-27-28-36-34(39)31-24-20-21-25-32(31)40-30(3)37/h5-6,9-12,15-18,20-21,24-25,29H,4,7-8,13-14,19,22-23,26-28H2,1-3H3,(H,35,38)(H,36,39)/b6-5-,11-9-,12-10-,17-15-,18-16-. The lowest BCUT2D eigenvalue weighted by molar-refractivity contribution is -0.131. The van der Waals surface area contributed by atoms with Gasteiger partial charge in [0.05, 0.1) is 5.56 Å². The summed E-state index contributed by atoms with van der Waals surface area (Å²) >= 11 is 0. The largest absolute Gasteiger partial charge is 0.426 e. The summed E-state index contributed by atoms with van der Waals surface area (Å²) in [6, 6.07) is 6.53. The van der Waals surface area contributed by atoms with Crippen molar-refractivity contribution < 1.29 is 19.1 Å². The van der Waals surface area contributed by atoms with Crippen molar-refractivity contribution >= 4 is 17.8 Å². The van der Waals surface area contributed by atoms with Crippen LogP contribution in [0.3, 0.4) is 0 Å². The average molecular weight is 549 g/mol. The fraction of sp³-hybridized carbons (Fsp3) is 0.441. The summed E-state index contributed by atoms with van der Waals surface area (Å²) in [6.45, 7) is 6.44. The summed E-state index contributed by atoms with van der Waals surface area (Å²) in [4.78, 5) is 35.5. The van der Waals surface area contributed by atoms with E-state index < -0.39 is 5.97 Å². The van der Waals surface area contributed by atoms with Gasteiger partial charge in [-0.1, -0.05) is 99.6 Å². The van der Waals surface area contributed by atoms with E-state index in [9.17, 15) is 14.4 Å². The van der Waals surface area contributed by atoms with E-state index in [-0.39, 0.29) is 29.7 Å². The minimum Gasteiger partial charge on any atom is -0.426 e. The lowest BCUT2D eigenvalue weighted by Gasteiger charge is -2.10. The van der Waals surface area contributed by atoms with Crippen LogP contribution in [0.4, 0.5) is 0 Å². The Balaban J connectivity index is 2.06. The molecule has 0 aliphatic carbocycles. The molecule has 0 saturated carbocycles. The van der Waals surface area contributed by atoms with Crippen LogP contribution in [0.25, 0.3) is 0 Å². The van der Waals surface area contributed by atoms with Crippen LogP contribution in [0, 0.1) is 5.92 Å². The molecule has 2 N–H and O–H groups in total. The maximum atomic E-state index is 12.3. The van der Waals surface area contributed by atoms with Gasteiger partial charge in [-0.25, -0.2) is 0 Å². The van der Waals surface area contributed by atoms with Crippen molar-refractivity contribution in [2.75, 3.05) is 13.1 Å². The number of hydrogen-bond acceptors (Lipinski definition) is 4. The quantitative estimate of drug-likeness (QED) is 0.0769. The minimum atomic E-state index is -0.490. The molecule has 6 heteroatoms. The van der Waals surface area contributed by atoms with Gasteiger partial charge < -0.3 is 15.4 Å². The van der Waals surface area contributed by atoms with E-state index in [2.05, 4.69) is 79.2 Å². The third-order valence-electron chi connectivity index (χ3n) is 5.90. The third kappa shape index (κ3) is 18.6. The molecule has 1 unspecified atom stereocenters. The number of benzene rings is 1. The van der Waals surface area contributed by atoms with Crippen molar-refractivity contribution in [3.05, 3.63) is 90.6 Å². The first-order chi connectivity index (χ1) is 19.4. The molecule has 218 valence electrons. The maximum absolute atomic E-state index is 12.3. The van der Waals surface area contributed by atoms with Gasteiger partial charge in [0.2, 0.25) is 5.91 Å². The van der Waals surface area contributed by atoms with Crippen molar-refractivity contribution in [3.63, 3.8) is 0 Å². The highest BCUT2D eigenvalue weighted by Gasteiger charge is 2.13. The number of amides is 2. The monoisotopic (exact) mass is 548 g/mol. The zero-order chi connectivity index (χ0) is 29.3. The second kappa shape index (κ2) is 23.2. The van der Waals surface area contributed by atoms with Gasteiger partial charge in [0.25, 0.3) is 5.91 Å². The number of rotatable bonds is 20. The predicted molar refractivity (Wildman–Crippen MR) is 165 cm³/mol. The van der Waals surface area contributed by atoms with Crippen LogP contribution in [-0.4, -0.2) is 30.9 Å². The highest BCUT2D eigenvalue weighted by atomic mass is 16.5. The van der Waals surface area contributed by atoms with Crippen molar-refractivity contribution in [1.82, 2.24) is 10.6 Å². The van der Waals surface area contributed by atoms with Crippen molar-refractivity contribution in [3.8, 4) is 5.75 Å². The molecule has 0 radical (unpaired) electrons. The lowest BCUT2D eigenvalue weighted by atomic mass is 10.0. The SMILES string of the molecule is CCCC(C)C/C=C\C/C=C\C/C=C\C/C=C\C/C=C\CCC(=O)NCCNC(=O)c1ccccc1OC(C)=O. The maximum Gasteiger partial charge on any atom is 0.308 e. The van der Waals surface area contributed by atoms with E-state index >= 15 is 0 Å². The Morgan fingerprint density at radius 3 is 1.95 bits per heavy atom. The number of nitrogens with one attached hydrogen (secondary N) is 2. The van der Waals surface area contributed by atoms with Crippen molar-refractivity contribution in [2.24, 2.45) is 5.92 Å². The van der Waals surface area contributed by atoms with Crippen LogP contribution in [0.1, 0.15) is 88.9 Å². The van der Waals surface area contributed by atoms with E-state index in [4.69, 9.17) is 4.74 Å². The first-order valence-corrected chi connectivity index (χ1v) is 14.5. The van der Waals surface area contributed by atoms with Crippen LogP contribution in [0.5, 0.6) is 5.75 Å². The molecular formula is C34H48N2O4. The van der Waals surface area contributed by atoms with Gasteiger partial charge in [0, 0.05) is 26.4 Å². The normalized spacial score (nSPS) is 12.7. The van der Waals surface area contributed by atoms with Gasteiger partial charge in [0.15, 0.2) is 0 Å². The van der Waals surface area contributed by atoms with E-state index in [1.54, 1.807) is 24.3 Å². The number of carbonyl (C=O) groups excluding carboxylic acids is 3. The molecule has 0 aliphatic heterocycles. The molecule has 1 rings (SSSR count). The minimum absolute atomic E-state index is 0.0634. The number of ether oxygens (including phenoxy) is 1. The molecule has 0 bridgehead atoms. The predicted octanol–water partition coefficient (Wildman–Crippen LogP) is 7.41. The zero-order valence-corrected chi connectivity index (χ0v) is 24.6. The highest BCUT2D eigenvalue weighted by molar-refractivity contribution is 5.97. The molecule has 0 aliphatic rings. The van der Waals surface area contributed by atoms with E-state index in [1.807, 2.05) is 6.08 Å². The molecular weight excluding hydrogens is 500 g/mol. The van der Waals surface area contributed by atoms with Crippen LogP contribution in [-0.2, 0) is 9.59 Å². The molecule has 2 amide bonds.